The van der Waals surface area contributed by atoms with Gasteiger partial charge in [-0.3, -0.25) is 4.79 Å². The summed E-state index contributed by atoms with van der Waals surface area (Å²) in [7, 11) is 0. The first-order valence-electron chi connectivity index (χ1n) is 8.90. The molecule has 0 amide bonds. The molecule has 4 N–H and O–H groups in total. The Morgan fingerprint density at radius 1 is 0.826 bits per heavy atom. The van der Waals surface area contributed by atoms with Gasteiger partial charge in [0.2, 0.25) is 0 Å². The smallest absolute Gasteiger partial charge is 0.303 e. The van der Waals surface area contributed by atoms with Crippen LogP contribution in [0.2, 0.25) is 0 Å². The summed E-state index contributed by atoms with van der Waals surface area (Å²) in [5, 5.41) is 37.8. The number of rotatable bonds is 15. The summed E-state index contributed by atoms with van der Waals surface area (Å²) >= 11 is 0. The molecule has 0 saturated heterocycles. The maximum absolute atomic E-state index is 10.4. The van der Waals surface area contributed by atoms with E-state index >= 15 is 0 Å². The SMILES string of the molecule is CCCCCCC[C@@H](O)/C=C\[C@@H](O)CC[C@H](O)CCCC(=O)O. The molecule has 0 aliphatic heterocycles. The maximum Gasteiger partial charge on any atom is 0.303 e. The van der Waals surface area contributed by atoms with Gasteiger partial charge in [0, 0.05) is 6.42 Å². The highest BCUT2D eigenvalue weighted by molar-refractivity contribution is 5.66. The molecule has 0 aromatic rings. The van der Waals surface area contributed by atoms with Gasteiger partial charge < -0.3 is 20.4 Å². The van der Waals surface area contributed by atoms with E-state index in [-0.39, 0.29) is 6.42 Å². The topological polar surface area (TPSA) is 98.0 Å². The summed E-state index contributed by atoms with van der Waals surface area (Å²) in [5.41, 5.74) is 0. The van der Waals surface area contributed by atoms with E-state index in [0.29, 0.717) is 32.1 Å². The largest absolute Gasteiger partial charge is 0.481 e. The Bertz CT molecular complexity index is 317. The standard InChI is InChI=1S/C18H34O5/c1-2-3-4-5-6-8-15(19)11-13-17(21)14-12-16(20)9-7-10-18(22)23/h11,13,15-17,19-21H,2-10,12,14H2,1H3,(H,22,23)/b13-11-/t15-,16-,17-/m1/s1. The van der Waals surface area contributed by atoms with Crippen LogP contribution in [0.15, 0.2) is 12.2 Å². The van der Waals surface area contributed by atoms with Crippen molar-refractivity contribution in [3.8, 4) is 0 Å². The molecular formula is C18H34O5. The lowest BCUT2D eigenvalue weighted by Crippen LogP contribution is -2.13. The minimum Gasteiger partial charge on any atom is -0.481 e. The summed E-state index contributed by atoms with van der Waals surface area (Å²) in [6.45, 7) is 2.17. The first kappa shape index (κ1) is 22.1. The van der Waals surface area contributed by atoms with Crippen molar-refractivity contribution in [1.29, 1.82) is 0 Å². The number of aliphatic carboxylic acids is 1. The van der Waals surface area contributed by atoms with Crippen molar-refractivity contribution in [2.75, 3.05) is 0 Å². The normalized spacial score (nSPS) is 15.7. The van der Waals surface area contributed by atoms with E-state index < -0.39 is 24.3 Å². The average molecular weight is 330 g/mol. The van der Waals surface area contributed by atoms with E-state index in [1.165, 1.54) is 19.3 Å². The molecular weight excluding hydrogens is 296 g/mol. The number of aliphatic hydroxyl groups excluding tert-OH is 3. The van der Waals surface area contributed by atoms with Gasteiger partial charge in [0.15, 0.2) is 0 Å². The fraction of sp³-hybridized carbons (Fsp3) is 0.833. The molecule has 0 heterocycles. The van der Waals surface area contributed by atoms with E-state index in [2.05, 4.69) is 6.92 Å². The molecule has 0 bridgehead atoms. The zero-order chi connectivity index (χ0) is 17.5. The van der Waals surface area contributed by atoms with Crippen molar-refractivity contribution < 1.29 is 25.2 Å². The van der Waals surface area contributed by atoms with Gasteiger partial charge >= 0.3 is 5.97 Å². The molecule has 0 rings (SSSR count). The van der Waals surface area contributed by atoms with Crippen LogP contribution >= 0.6 is 0 Å². The number of carbonyl (C=O) groups is 1. The van der Waals surface area contributed by atoms with Crippen LogP contribution in [0.3, 0.4) is 0 Å². The second-order valence-corrected chi connectivity index (χ2v) is 6.24. The summed E-state index contributed by atoms with van der Waals surface area (Å²) in [6.07, 6.45) is 9.68. The van der Waals surface area contributed by atoms with E-state index in [9.17, 15) is 20.1 Å². The molecule has 0 fully saturated rings. The Labute approximate surface area is 140 Å². The van der Waals surface area contributed by atoms with Crippen molar-refractivity contribution >= 4 is 5.97 Å². The molecule has 5 heteroatoms. The molecule has 136 valence electrons. The average Bonchev–Trinajstić information content (AvgIpc) is 2.50. The van der Waals surface area contributed by atoms with Crippen molar-refractivity contribution in [3.05, 3.63) is 12.2 Å². The van der Waals surface area contributed by atoms with Crippen molar-refractivity contribution in [1.82, 2.24) is 0 Å². The van der Waals surface area contributed by atoms with Crippen LogP contribution in [-0.2, 0) is 4.79 Å². The van der Waals surface area contributed by atoms with Crippen molar-refractivity contribution in [2.45, 2.75) is 95.9 Å². The molecule has 0 aliphatic carbocycles. The van der Waals surface area contributed by atoms with Crippen LogP contribution in [0.1, 0.15) is 77.6 Å². The van der Waals surface area contributed by atoms with Gasteiger partial charge in [-0.15, -0.1) is 0 Å². The summed E-state index contributed by atoms with van der Waals surface area (Å²) in [4.78, 5) is 10.4. The van der Waals surface area contributed by atoms with Gasteiger partial charge in [0.25, 0.3) is 0 Å². The zero-order valence-corrected chi connectivity index (χ0v) is 14.4. The predicted molar refractivity (Wildman–Crippen MR) is 91.3 cm³/mol. The highest BCUT2D eigenvalue weighted by Crippen LogP contribution is 2.11. The lowest BCUT2D eigenvalue weighted by atomic mass is 10.0. The number of hydrogen-bond acceptors (Lipinski definition) is 4. The van der Waals surface area contributed by atoms with Gasteiger partial charge in [-0.1, -0.05) is 51.2 Å². The van der Waals surface area contributed by atoms with Crippen molar-refractivity contribution in [2.24, 2.45) is 0 Å². The van der Waals surface area contributed by atoms with Crippen LogP contribution in [0.5, 0.6) is 0 Å². The second-order valence-electron chi connectivity index (χ2n) is 6.24. The van der Waals surface area contributed by atoms with Gasteiger partial charge in [0.1, 0.15) is 0 Å². The number of unbranched alkanes of at least 4 members (excludes halogenated alkanes) is 4. The summed E-state index contributed by atoms with van der Waals surface area (Å²) < 4.78 is 0. The van der Waals surface area contributed by atoms with E-state index in [1.54, 1.807) is 12.2 Å². The van der Waals surface area contributed by atoms with Gasteiger partial charge in [-0.05, 0) is 32.1 Å². The van der Waals surface area contributed by atoms with E-state index in [1.807, 2.05) is 0 Å². The summed E-state index contributed by atoms with van der Waals surface area (Å²) in [5.74, 6) is -0.858. The summed E-state index contributed by atoms with van der Waals surface area (Å²) in [6, 6.07) is 0. The van der Waals surface area contributed by atoms with Crippen molar-refractivity contribution in [3.63, 3.8) is 0 Å². The minimum absolute atomic E-state index is 0.0595. The van der Waals surface area contributed by atoms with E-state index in [0.717, 1.165) is 12.8 Å². The molecule has 23 heavy (non-hydrogen) atoms. The molecule has 0 aromatic heterocycles. The highest BCUT2D eigenvalue weighted by atomic mass is 16.4. The van der Waals surface area contributed by atoms with Crippen LogP contribution in [0.4, 0.5) is 0 Å². The molecule has 0 spiro atoms. The molecule has 0 aromatic carbocycles. The first-order valence-corrected chi connectivity index (χ1v) is 8.90. The quantitative estimate of drug-likeness (QED) is 0.273. The van der Waals surface area contributed by atoms with E-state index in [4.69, 9.17) is 5.11 Å². The van der Waals surface area contributed by atoms with Crippen LogP contribution < -0.4 is 0 Å². The monoisotopic (exact) mass is 330 g/mol. The number of carboxylic acids is 1. The third-order valence-electron chi connectivity index (χ3n) is 3.88. The maximum atomic E-state index is 10.4. The lowest BCUT2D eigenvalue weighted by molar-refractivity contribution is -0.137. The van der Waals surface area contributed by atoms with Gasteiger partial charge in [0.05, 0.1) is 18.3 Å². The zero-order valence-electron chi connectivity index (χ0n) is 14.4. The second kappa shape index (κ2) is 14.7. The number of hydrogen-bond donors (Lipinski definition) is 4. The molecule has 0 aliphatic rings. The Kier molecular flexibility index (Phi) is 14.1. The molecule has 3 atom stereocenters. The minimum atomic E-state index is -0.858. The van der Waals surface area contributed by atoms with Crippen LogP contribution in [0, 0.1) is 0 Å². The Morgan fingerprint density at radius 2 is 1.43 bits per heavy atom. The molecule has 0 saturated carbocycles. The molecule has 5 nitrogen and oxygen atoms in total. The molecule has 0 radical (unpaired) electrons. The molecule has 0 unspecified atom stereocenters. The fourth-order valence-electron chi connectivity index (χ4n) is 2.40. The fourth-order valence-corrected chi connectivity index (χ4v) is 2.40. The van der Waals surface area contributed by atoms with Crippen LogP contribution in [0.25, 0.3) is 0 Å². The predicted octanol–water partition coefficient (Wildman–Crippen LogP) is 3.02. The van der Waals surface area contributed by atoms with Gasteiger partial charge in [-0.2, -0.15) is 0 Å². The number of aliphatic hydroxyl groups is 3. The van der Waals surface area contributed by atoms with Crippen LogP contribution in [-0.4, -0.2) is 44.7 Å². The lowest BCUT2D eigenvalue weighted by Gasteiger charge is -2.12. The first-order chi connectivity index (χ1) is 11.0. The Morgan fingerprint density at radius 3 is 2.04 bits per heavy atom. The Balaban J connectivity index is 3.69. The number of carboxylic acid groups (broad SMARTS) is 1. The third kappa shape index (κ3) is 15.8. The Hall–Kier alpha value is -0.910. The highest BCUT2D eigenvalue weighted by Gasteiger charge is 2.09. The third-order valence-corrected chi connectivity index (χ3v) is 3.88. The van der Waals surface area contributed by atoms with Gasteiger partial charge in [-0.25, -0.2) is 0 Å².